The summed E-state index contributed by atoms with van der Waals surface area (Å²) in [5, 5.41) is 26.1. The summed E-state index contributed by atoms with van der Waals surface area (Å²) < 4.78 is 72.7. The zero-order chi connectivity index (χ0) is 25.2. The minimum atomic E-state index is -4.64. The van der Waals surface area contributed by atoms with Crippen molar-refractivity contribution in [2.45, 2.75) is 31.8 Å². The van der Waals surface area contributed by atoms with Crippen molar-refractivity contribution < 1.29 is 41.7 Å². The van der Waals surface area contributed by atoms with Gasteiger partial charge in [0.2, 0.25) is 5.88 Å². The molecule has 3 aromatic rings. The van der Waals surface area contributed by atoms with Crippen LogP contribution in [-0.4, -0.2) is 26.0 Å². The van der Waals surface area contributed by atoms with Crippen LogP contribution in [-0.2, 0) is 13.2 Å². The number of benzene rings is 2. The van der Waals surface area contributed by atoms with Gasteiger partial charge < -0.3 is 14.9 Å². The van der Waals surface area contributed by atoms with Crippen LogP contribution in [0.3, 0.4) is 0 Å². The van der Waals surface area contributed by atoms with E-state index < -0.39 is 47.7 Å². The van der Waals surface area contributed by atoms with Crippen molar-refractivity contribution in [3.8, 4) is 11.6 Å². The number of aliphatic hydroxyl groups is 1. The Bertz CT molecular complexity index is 1160. The maximum atomic E-state index is 13.6. The molecule has 7 nitrogen and oxygen atoms in total. The van der Waals surface area contributed by atoms with E-state index in [9.17, 15) is 31.9 Å². The van der Waals surface area contributed by atoms with Crippen molar-refractivity contribution in [1.29, 1.82) is 0 Å². The molecule has 0 saturated carbocycles. The summed E-state index contributed by atoms with van der Waals surface area (Å²) in [6, 6.07) is 8.87. The molecule has 34 heavy (non-hydrogen) atoms. The third-order valence-electron chi connectivity index (χ3n) is 4.98. The van der Waals surface area contributed by atoms with Gasteiger partial charge in [-0.25, -0.2) is 18.3 Å². The predicted octanol–water partition coefficient (Wildman–Crippen LogP) is 5.21. The number of nitrogens with zero attached hydrogens (tertiary/aromatic N) is 2. The Morgan fingerprint density at radius 3 is 2.35 bits per heavy atom. The van der Waals surface area contributed by atoms with Gasteiger partial charge in [-0.3, -0.25) is 5.32 Å². The number of hydrogen-bond acceptors (Lipinski definition) is 5. The highest BCUT2D eigenvalue weighted by atomic mass is 19.4. The Labute approximate surface area is 190 Å². The number of aromatic nitrogens is 2. The fourth-order valence-corrected chi connectivity index (χ4v) is 3.26. The lowest BCUT2D eigenvalue weighted by atomic mass is 10.1. The molecule has 0 radical (unpaired) electrons. The number of rotatable bonds is 8. The zero-order valence-corrected chi connectivity index (χ0v) is 17.8. The van der Waals surface area contributed by atoms with E-state index in [1.54, 1.807) is 6.92 Å². The van der Waals surface area contributed by atoms with E-state index in [0.717, 1.165) is 16.8 Å². The van der Waals surface area contributed by atoms with Gasteiger partial charge in [0.25, 0.3) is 6.43 Å². The van der Waals surface area contributed by atoms with Crippen molar-refractivity contribution in [3.05, 3.63) is 76.5 Å². The normalized spacial score (nSPS) is 13.7. The molecule has 182 valence electrons. The Kier molecular flexibility index (Phi) is 7.22. The number of carboxylic acids is 1. The molecular weight excluding hydrogens is 465 g/mol. The summed E-state index contributed by atoms with van der Waals surface area (Å²) in [4.78, 5) is 11.0. The SMILES string of the molecule is C[C@H](NC(O)c1c(C(F)F)nn(C)c1Oc1cccc(C(F)(F)F)c1)c1ccc(C(=O)O)cc1. The van der Waals surface area contributed by atoms with Crippen LogP contribution >= 0.6 is 0 Å². The summed E-state index contributed by atoms with van der Waals surface area (Å²) in [7, 11) is 1.25. The number of aryl methyl sites for hydroxylation is 1. The first-order valence-electron chi connectivity index (χ1n) is 9.86. The maximum absolute atomic E-state index is 13.6. The van der Waals surface area contributed by atoms with Crippen LogP contribution < -0.4 is 10.1 Å². The lowest BCUT2D eigenvalue weighted by Crippen LogP contribution is -2.25. The average Bonchev–Trinajstić information content (AvgIpc) is 3.09. The second kappa shape index (κ2) is 9.77. The van der Waals surface area contributed by atoms with Gasteiger partial charge in [-0.1, -0.05) is 18.2 Å². The standard InChI is InChI=1S/C22H20F5N3O4/c1-11(12-6-8-13(9-7-12)21(32)33)28-19(31)16-17(18(23)24)29-30(2)20(16)34-15-5-3-4-14(10-15)22(25,26)27/h3-11,18-19,28,31H,1-2H3,(H,32,33)/t11-,19?/m0/s1. The molecule has 12 heteroatoms. The number of halogens is 5. The minimum Gasteiger partial charge on any atom is -0.478 e. The molecule has 3 N–H and O–H groups in total. The second-order valence-corrected chi connectivity index (χ2v) is 7.37. The second-order valence-electron chi connectivity index (χ2n) is 7.37. The van der Waals surface area contributed by atoms with Crippen LogP contribution in [0.1, 0.15) is 58.4 Å². The van der Waals surface area contributed by atoms with Crippen LogP contribution in [0.2, 0.25) is 0 Å². The van der Waals surface area contributed by atoms with E-state index in [-0.39, 0.29) is 17.2 Å². The number of carboxylic acid groups (broad SMARTS) is 1. The zero-order valence-electron chi connectivity index (χ0n) is 17.8. The summed E-state index contributed by atoms with van der Waals surface area (Å²) in [6.45, 7) is 1.60. The van der Waals surface area contributed by atoms with Gasteiger partial charge in [0.15, 0.2) is 0 Å². The number of nitrogens with one attached hydrogen (secondary N) is 1. The molecule has 3 rings (SSSR count). The van der Waals surface area contributed by atoms with Gasteiger partial charge in [-0.05, 0) is 42.8 Å². The van der Waals surface area contributed by atoms with Gasteiger partial charge >= 0.3 is 12.1 Å². The molecule has 0 amide bonds. The Hall–Kier alpha value is -3.51. The monoisotopic (exact) mass is 485 g/mol. The molecule has 0 fully saturated rings. The van der Waals surface area contributed by atoms with E-state index in [2.05, 4.69) is 10.4 Å². The first kappa shape index (κ1) is 25.1. The first-order valence-corrected chi connectivity index (χ1v) is 9.86. The van der Waals surface area contributed by atoms with Gasteiger partial charge in [0.1, 0.15) is 17.7 Å². The van der Waals surface area contributed by atoms with Crippen molar-refractivity contribution in [3.63, 3.8) is 0 Å². The number of hydrogen-bond donors (Lipinski definition) is 3. The van der Waals surface area contributed by atoms with E-state index in [4.69, 9.17) is 9.84 Å². The molecule has 0 saturated heterocycles. The summed E-state index contributed by atoms with van der Waals surface area (Å²) in [6.07, 6.45) is -9.50. The summed E-state index contributed by atoms with van der Waals surface area (Å²) in [5.41, 5.74) is -1.66. The smallest absolute Gasteiger partial charge is 0.416 e. The third kappa shape index (κ3) is 5.51. The molecular formula is C22H20F5N3O4. The number of aromatic carboxylic acids is 1. The Morgan fingerprint density at radius 2 is 1.79 bits per heavy atom. The highest BCUT2D eigenvalue weighted by Gasteiger charge is 2.33. The third-order valence-corrected chi connectivity index (χ3v) is 4.98. The lowest BCUT2D eigenvalue weighted by Gasteiger charge is -2.21. The Balaban J connectivity index is 1.91. The molecule has 0 aliphatic rings. The number of carbonyl (C=O) groups is 1. The van der Waals surface area contributed by atoms with Gasteiger partial charge in [-0.15, -0.1) is 0 Å². The van der Waals surface area contributed by atoms with Crippen molar-refractivity contribution in [2.75, 3.05) is 0 Å². The fraction of sp³-hybridized carbons (Fsp3) is 0.273. The molecule has 0 bridgehead atoms. The summed E-state index contributed by atoms with van der Waals surface area (Å²) >= 11 is 0. The van der Waals surface area contributed by atoms with Crippen LogP contribution in [0, 0.1) is 0 Å². The average molecular weight is 485 g/mol. The highest BCUT2D eigenvalue weighted by Crippen LogP contribution is 2.38. The van der Waals surface area contributed by atoms with Crippen molar-refractivity contribution >= 4 is 5.97 Å². The van der Waals surface area contributed by atoms with Gasteiger partial charge in [-0.2, -0.15) is 18.3 Å². The molecule has 2 atom stereocenters. The van der Waals surface area contributed by atoms with Gasteiger partial charge in [0, 0.05) is 13.1 Å². The highest BCUT2D eigenvalue weighted by molar-refractivity contribution is 5.87. The fourth-order valence-electron chi connectivity index (χ4n) is 3.26. The van der Waals surface area contributed by atoms with E-state index in [0.29, 0.717) is 11.6 Å². The Morgan fingerprint density at radius 1 is 1.15 bits per heavy atom. The van der Waals surface area contributed by atoms with E-state index >= 15 is 0 Å². The van der Waals surface area contributed by atoms with E-state index in [1.165, 1.54) is 37.4 Å². The van der Waals surface area contributed by atoms with Crippen LogP contribution in [0.25, 0.3) is 0 Å². The van der Waals surface area contributed by atoms with Gasteiger partial charge in [0.05, 0.1) is 16.7 Å². The largest absolute Gasteiger partial charge is 0.478 e. The van der Waals surface area contributed by atoms with Crippen LogP contribution in [0.5, 0.6) is 11.6 Å². The molecule has 0 spiro atoms. The molecule has 0 aliphatic carbocycles. The molecule has 1 heterocycles. The molecule has 2 aromatic carbocycles. The number of aliphatic hydroxyl groups excluding tert-OH is 1. The topological polar surface area (TPSA) is 96.6 Å². The van der Waals surface area contributed by atoms with Crippen LogP contribution in [0.4, 0.5) is 22.0 Å². The molecule has 1 unspecified atom stereocenters. The summed E-state index contributed by atoms with van der Waals surface area (Å²) in [5.74, 6) is -1.78. The van der Waals surface area contributed by atoms with Crippen molar-refractivity contribution in [2.24, 2.45) is 7.05 Å². The number of alkyl halides is 5. The molecule has 1 aromatic heterocycles. The predicted molar refractivity (Wildman–Crippen MR) is 110 cm³/mol. The minimum absolute atomic E-state index is 0.0421. The number of ether oxygens (including phenoxy) is 1. The molecule has 0 aliphatic heterocycles. The maximum Gasteiger partial charge on any atom is 0.416 e. The van der Waals surface area contributed by atoms with Crippen LogP contribution in [0.15, 0.2) is 48.5 Å². The van der Waals surface area contributed by atoms with Crippen molar-refractivity contribution in [1.82, 2.24) is 15.1 Å². The first-order chi connectivity index (χ1) is 15.9. The quantitative estimate of drug-likeness (QED) is 0.300. The lowest BCUT2D eigenvalue weighted by molar-refractivity contribution is -0.137. The van der Waals surface area contributed by atoms with E-state index in [1.807, 2.05) is 0 Å².